The van der Waals surface area contributed by atoms with Gasteiger partial charge in [-0.2, -0.15) is 11.3 Å². The molecule has 3 aromatic rings. The second-order valence-corrected chi connectivity index (χ2v) is 6.15. The molecule has 0 unspecified atom stereocenters. The molecule has 0 aliphatic carbocycles. The third kappa shape index (κ3) is 2.14. The van der Waals surface area contributed by atoms with Crippen molar-refractivity contribution in [2.45, 2.75) is 19.4 Å². The molecule has 112 valence electrons. The first-order valence-corrected chi connectivity index (χ1v) is 8.03. The van der Waals surface area contributed by atoms with E-state index in [0.717, 1.165) is 11.3 Å². The van der Waals surface area contributed by atoms with Crippen LogP contribution >= 0.6 is 11.3 Å². The zero-order valence-corrected chi connectivity index (χ0v) is 12.6. The summed E-state index contributed by atoms with van der Waals surface area (Å²) in [4.78, 5) is 31.1. The molecule has 4 rings (SSSR count). The van der Waals surface area contributed by atoms with Crippen molar-refractivity contribution in [3.63, 3.8) is 0 Å². The first-order chi connectivity index (χ1) is 10.7. The van der Waals surface area contributed by atoms with Gasteiger partial charge in [0.15, 0.2) is 5.65 Å². The summed E-state index contributed by atoms with van der Waals surface area (Å²) in [5, 5.41) is 6.80. The van der Waals surface area contributed by atoms with Gasteiger partial charge in [0.2, 0.25) is 5.91 Å². The number of hydrogen-bond acceptors (Lipinski definition) is 4. The van der Waals surface area contributed by atoms with Gasteiger partial charge < -0.3 is 4.90 Å². The first kappa shape index (κ1) is 13.3. The van der Waals surface area contributed by atoms with E-state index in [1.54, 1.807) is 28.5 Å². The molecule has 3 aromatic heterocycles. The predicted octanol–water partition coefficient (Wildman–Crippen LogP) is 1.21. The summed E-state index contributed by atoms with van der Waals surface area (Å²) in [7, 11) is 0. The third-order valence-electron chi connectivity index (χ3n) is 3.98. The van der Waals surface area contributed by atoms with Gasteiger partial charge in [-0.15, -0.1) is 0 Å². The van der Waals surface area contributed by atoms with Crippen molar-refractivity contribution in [2.24, 2.45) is 0 Å². The molecule has 4 heterocycles. The van der Waals surface area contributed by atoms with E-state index >= 15 is 0 Å². The molecule has 22 heavy (non-hydrogen) atoms. The number of hydrogen-bond donors (Lipinski definition) is 1. The minimum absolute atomic E-state index is 0.0556. The van der Waals surface area contributed by atoms with Crippen molar-refractivity contribution in [3.05, 3.63) is 56.3 Å². The topological polar surface area (TPSA) is 70.5 Å². The fourth-order valence-electron chi connectivity index (χ4n) is 2.81. The Kier molecular flexibility index (Phi) is 3.07. The van der Waals surface area contributed by atoms with Crippen LogP contribution in [0.15, 0.2) is 33.9 Å². The number of aromatic amines is 1. The van der Waals surface area contributed by atoms with Crippen LogP contribution in [0.5, 0.6) is 0 Å². The molecule has 0 atom stereocenters. The lowest BCUT2D eigenvalue weighted by Gasteiger charge is -2.27. The maximum atomic E-state index is 12.5. The monoisotopic (exact) mass is 314 g/mol. The average Bonchev–Trinajstić information content (AvgIpc) is 3.18. The predicted molar refractivity (Wildman–Crippen MR) is 83.0 cm³/mol. The highest BCUT2D eigenvalue weighted by atomic mass is 32.1. The number of nitrogens with one attached hydrogen (secondary N) is 1. The second-order valence-electron chi connectivity index (χ2n) is 5.37. The highest BCUT2D eigenvalue weighted by molar-refractivity contribution is 7.07. The maximum Gasteiger partial charge on any atom is 0.277 e. The lowest BCUT2D eigenvalue weighted by Crippen LogP contribution is -2.40. The summed E-state index contributed by atoms with van der Waals surface area (Å²) < 4.78 is 1.42. The molecule has 1 aliphatic heterocycles. The molecule has 0 saturated heterocycles. The van der Waals surface area contributed by atoms with E-state index in [0.29, 0.717) is 37.1 Å². The minimum atomic E-state index is -0.113. The third-order valence-corrected chi connectivity index (χ3v) is 4.71. The van der Waals surface area contributed by atoms with E-state index in [2.05, 4.69) is 10.1 Å². The highest BCUT2D eigenvalue weighted by Gasteiger charge is 2.25. The molecule has 1 N–H and O–H groups in total. The molecule has 0 bridgehead atoms. The average molecular weight is 314 g/mol. The van der Waals surface area contributed by atoms with Gasteiger partial charge >= 0.3 is 0 Å². The van der Waals surface area contributed by atoms with Crippen molar-refractivity contribution in [2.75, 3.05) is 6.54 Å². The van der Waals surface area contributed by atoms with Crippen molar-refractivity contribution in [3.8, 4) is 0 Å². The summed E-state index contributed by atoms with van der Waals surface area (Å²) in [5.41, 5.74) is 2.96. The maximum absolute atomic E-state index is 12.5. The zero-order valence-electron chi connectivity index (χ0n) is 11.8. The fourth-order valence-corrected chi connectivity index (χ4v) is 3.48. The standard InChI is InChI=1S/C15H14N4O2S/c20-14(7-10-3-6-22-9-10)18-5-2-12-11(8-18)15(21)19-13(17-12)1-4-16-19/h1,3-4,6,9,16H,2,5,7-8H2. The molecule has 1 amide bonds. The number of nitrogens with zero attached hydrogens (tertiary/aromatic N) is 3. The number of thiophene rings is 1. The van der Waals surface area contributed by atoms with Gasteiger partial charge in [0, 0.05) is 25.2 Å². The minimum Gasteiger partial charge on any atom is -0.337 e. The highest BCUT2D eigenvalue weighted by Crippen LogP contribution is 2.16. The van der Waals surface area contributed by atoms with E-state index in [-0.39, 0.29) is 11.5 Å². The van der Waals surface area contributed by atoms with Crippen molar-refractivity contribution >= 4 is 22.9 Å². The van der Waals surface area contributed by atoms with Crippen LogP contribution in [0.1, 0.15) is 16.8 Å². The zero-order chi connectivity index (χ0) is 15.1. The van der Waals surface area contributed by atoms with Crippen LogP contribution in [0, 0.1) is 0 Å². The van der Waals surface area contributed by atoms with E-state index < -0.39 is 0 Å². The van der Waals surface area contributed by atoms with Crippen molar-refractivity contribution in [1.29, 1.82) is 0 Å². The Morgan fingerprint density at radius 1 is 1.41 bits per heavy atom. The molecule has 0 fully saturated rings. The number of fused-ring (bicyclic) bond motifs is 2. The van der Waals surface area contributed by atoms with Crippen LogP contribution in [-0.2, 0) is 24.2 Å². The van der Waals surface area contributed by atoms with Crippen LogP contribution in [0.25, 0.3) is 5.65 Å². The summed E-state index contributed by atoms with van der Waals surface area (Å²) in [6, 6.07) is 3.73. The van der Waals surface area contributed by atoms with Crippen molar-refractivity contribution in [1.82, 2.24) is 19.5 Å². The smallest absolute Gasteiger partial charge is 0.277 e. The summed E-state index contributed by atoms with van der Waals surface area (Å²) in [5.74, 6) is 0.0556. The Bertz CT molecular complexity index is 894. The number of rotatable bonds is 2. The SMILES string of the molecule is O=C(Cc1ccsc1)N1CCc2nc3cc[nH]n3c(=O)c2C1. The number of carbonyl (C=O) groups is 1. The van der Waals surface area contributed by atoms with Crippen LogP contribution in [0.3, 0.4) is 0 Å². The molecule has 7 heteroatoms. The lowest BCUT2D eigenvalue weighted by molar-refractivity contribution is -0.131. The molecule has 0 aromatic carbocycles. The Hall–Kier alpha value is -2.41. The number of carbonyl (C=O) groups excluding carboxylic acids is 1. The molecule has 0 radical (unpaired) electrons. The number of amides is 1. The van der Waals surface area contributed by atoms with E-state index in [9.17, 15) is 9.59 Å². The van der Waals surface area contributed by atoms with Gasteiger partial charge in [-0.25, -0.2) is 9.50 Å². The van der Waals surface area contributed by atoms with Gasteiger partial charge in [-0.05, 0) is 22.4 Å². The molecular weight excluding hydrogens is 300 g/mol. The Morgan fingerprint density at radius 3 is 3.14 bits per heavy atom. The van der Waals surface area contributed by atoms with Gasteiger partial charge in [0.25, 0.3) is 5.56 Å². The Morgan fingerprint density at radius 2 is 2.32 bits per heavy atom. The van der Waals surface area contributed by atoms with E-state index in [1.165, 1.54) is 4.52 Å². The van der Waals surface area contributed by atoms with Gasteiger partial charge in [-0.1, -0.05) is 0 Å². The Labute approximate surface area is 130 Å². The van der Waals surface area contributed by atoms with Crippen LogP contribution in [0.4, 0.5) is 0 Å². The normalized spacial score (nSPS) is 14.3. The fraction of sp³-hybridized carbons (Fsp3) is 0.267. The molecule has 6 nitrogen and oxygen atoms in total. The summed E-state index contributed by atoms with van der Waals surface area (Å²) >= 11 is 1.58. The van der Waals surface area contributed by atoms with E-state index in [4.69, 9.17) is 0 Å². The van der Waals surface area contributed by atoms with Gasteiger partial charge in [-0.3, -0.25) is 14.7 Å². The molecule has 1 aliphatic rings. The number of H-pyrrole nitrogens is 1. The van der Waals surface area contributed by atoms with Gasteiger partial charge in [0.1, 0.15) is 0 Å². The second kappa shape index (κ2) is 5.10. The largest absolute Gasteiger partial charge is 0.337 e. The Balaban J connectivity index is 1.63. The van der Waals surface area contributed by atoms with Crippen molar-refractivity contribution < 1.29 is 4.79 Å². The van der Waals surface area contributed by atoms with Crippen LogP contribution in [-0.4, -0.2) is 31.9 Å². The summed E-state index contributed by atoms with van der Waals surface area (Å²) in [6.07, 6.45) is 2.70. The lowest BCUT2D eigenvalue weighted by atomic mass is 10.1. The molecular formula is C15H14N4O2S. The van der Waals surface area contributed by atoms with Crippen LogP contribution in [0.2, 0.25) is 0 Å². The van der Waals surface area contributed by atoms with Crippen LogP contribution < -0.4 is 5.56 Å². The van der Waals surface area contributed by atoms with E-state index in [1.807, 2.05) is 16.8 Å². The molecule has 0 spiro atoms. The molecule has 0 saturated carbocycles. The quantitative estimate of drug-likeness (QED) is 0.773. The van der Waals surface area contributed by atoms with Gasteiger partial charge in [0.05, 0.1) is 24.2 Å². The summed E-state index contributed by atoms with van der Waals surface area (Å²) in [6.45, 7) is 0.953. The number of aromatic nitrogens is 3. The first-order valence-electron chi connectivity index (χ1n) is 7.09.